The summed E-state index contributed by atoms with van der Waals surface area (Å²) in [4.78, 5) is 0. The fraction of sp³-hybridized carbons (Fsp3) is 0.0833. The summed E-state index contributed by atoms with van der Waals surface area (Å²) in [5.41, 5.74) is 7.98. The number of benzene rings is 3. The van der Waals surface area contributed by atoms with E-state index in [9.17, 15) is 0 Å². The molecule has 2 heteroatoms. The van der Waals surface area contributed by atoms with E-state index < -0.39 is 8.80 Å². The van der Waals surface area contributed by atoms with E-state index in [2.05, 4.69) is 91.0 Å². The first kappa shape index (κ1) is 16.6. The number of anilines is 1. The van der Waals surface area contributed by atoms with Crippen molar-refractivity contribution in [2.24, 2.45) is 0 Å². The Morgan fingerprint density at radius 3 is 1.81 bits per heavy atom. The van der Waals surface area contributed by atoms with Crippen molar-refractivity contribution in [1.29, 1.82) is 0 Å². The third kappa shape index (κ3) is 3.56. The molecule has 2 N–H and O–H groups in total. The molecule has 0 fully saturated rings. The van der Waals surface area contributed by atoms with Crippen LogP contribution in [0.25, 0.3) is 0 Å². The molecule has 4 rings (SSSR count). The SMILES string of the molecule is Nc1ccc(C2C=CC([SiH](c3ccccc3)c3ccccc3)=CC2)cc1. The Labute approximate surface area is 157 Å². The van der Waals surface area contributed by atoms with Crippen molar-refractivity contribution in [3.63, 3.8) is 0 Å². The summed E-state index contributed by atoms with van der Waals surface area (Å²) < 4.78 is 0. The molecule has 26 heavy (non-hydrogen) atoms. The van der Waals surface area contributed by atoms with Gasteiger partial charge in [-0.25, -0.2) is 0 Å². The molecular weight excluding hydrogens is 330 g/mol. The second kappa shape index (κ2) is 7.59. The molecule has 1 atom stereocenters. The highest BCUT2D eigenvalue weighted by atomic mass is 28.3. The van der Waals surface area contributed by atoms with Gasteiger partial charge < -0.3 is 5.73 Å². The van der Waals surface area contributed by atoms with Crippen LogP contribution in [0.2, 0.25) is 0 Å². The molecule has 1 aliphatic carbocycles. The molecule has 0 spiro atoms. The lowest BCUT2D eigenvalue weighted by Gasteiger charge is -2.23. The first-order valence-corrected chi connectivity index (χ1v) is 10.9. The van der Waals surface area contributed by atoms with Crippen molar-refractivity contribution in [3.8, 4) is 0 Å². The summed E-state index contributed by atoms with van der Waals surface area (Å²) in [5, 5.41) is 4.45. The lowest BCUT2D eigenvalue weighted by atomic mass is 9.92. The molecular formula is C24H23NSi. The quantitative estimate of drug-likeness (QED) is 0.560. The van der Waals surface area contributed by atoms with Crippen molar-refractivity contribution >= 4 is 24.9 Å². The molecule has 1 unspecified atom stereocenters. The van der Waals surface area contributed by atoms with Crippen LogP contribution in [0.1, 0.15) is 17.9 Å². The Morgan fingerprint density at radius 1 is 0.731 bits per heavy atom. The van der Waals surface area contributed by atoms with Crippen LogP contribution in [0.5, 0.6) is 0 Å². The third-order valence-electron chi connectivity index (χ3n) is 5.09. The zero-order chi connectivity index (χ0) is 17.8. The Hall–Kier alpha value is -2.84. The van der Waals surface area contributed by atoms with Crippen molar-refractivity contribution < 1.29 is 0 Å². The minimum Gasteiger partial charge on any atom is -0.399 e. The van der Waals surface area contributed by atoms with E-state index in [0.29, 0.717) is 5.92 Å². The van der Waals surface area contributed by atoms with Crippen LogP contribution in [0, 0.1) is 0 Å². The largest absolute Gasteiger partial charge is 0.399 e. The van der Waals surface area contributed by atoms with Gasteiger partial charge >= 0.3 is 0 Å². The Balaban J connectivity index is 1.64. The van der Waals surface area contributed by atoms with Crippen LogP contribution < -0.4 is 16.1 Å². The molecule has 3 aromatic carbocycles. The predicted molar refractivity (Wildman–Crippen MR) is 115 cm³/mol. The summed E-state index contributed by atoms with van der Waals surface area (Å²) in [6.07, 6.45) is 8.24. The van der Waals surface area contributed by atoms with E-state index in [1.165, 1.54) is 21.1 Å². The number of rotatable bonds is 4. The second-order valence-electron chi connectivity index (χ2n) is 6.83. The van der Waals surface area contributed by atoms with Crippen molar-refractivity contribution in [1.82, 2.24) is 0 Å². The highest BCUT2D eigenvalue weighted by molar-refractivity contribution is 6.91. The maximum absolute atomic E-state index is 5.82. The minimum atomic E-state index is -1.41. The van der Waals surface area contributed by atoms with Gasteiger partial charge in [-0.1, -0.05) is 107 Å². The van der Waals surface area contributed by atoms with Crippen molar-refractivity contribution in [3.05, 3.63) is 114 Å². The number of nitrogens with two attached hydrogens (primary N) is 1. The average molecular weight is 354 g/mol. The number of hydrogen-bond donors (Lipinski definition) is 1. The third-order valence-corrected chi connectivity index (χ3v) is 8.29. The molecule has 1 aliphatic rings. The first-order valence-electron chi connectivity index (χ1n) is 9.15. The Kier molecular flexibility index (Phi) is 4.85. The number of allylic oxidation sites excluding steroid dienone is 4. The molecule has 128 valence electrons. The van der Waals surface area contributed by atoms with Crippen LogP contribution in [0.4, 0.5) is 5.69 Å². The first-order chi connectivity index (χ1) is 12.8. The zero-order valence-corrected chi connectivity index (χ0v) is 15.9. The van der Waals surface area contributed by atoms with Gasteiger partial charge in [-0.2, -0.15) is 0 Å². The van der Waals surface area contributed by atoms with E-state index in [4.69, 9.17) is 5.73 Å². The molecule has 1 nitrogen and oxygen atoms in total. The van der Waals surface area contributed by atoms with Gasteiger partial charge in [0, 0.05) is 11.6 Å². The summed E-state index contributed by atoms with van der Waals surface area (Å²) in [6, 6.07) is 30.2. The van der Waals surface area contributed by atoms with Gasteiger partial charge in [-0.3, -0.25) is 0 Å². The summed E-state index contributed by atoms with van der Waals surface area (Å²) in [5.74, 6) is 0.445. The molecule has 0 amide bonds. The van der Waals surface area contributed by atoms with Crippen molar-refractivity contribution in [2.45, 2.75) is 12.3 Å². The molecule has 0 bridgehead atoms. The molecule has 0 heterocycles. The zero-order valence-electron chi connectivity index (χ0n) is 14.8. The molecule has 0 saturated heterocycles. The second-order valence-corrected chi connectivity index (χ2v) is 9.69. The van der Waals surface area contributed by atoms with Gasteiger partial charge in [-0.15, -0.1) is 0 Å². The van der Waals surface area contributed by atoms with Crippen LogP contribution in [0.3, 0.4) is 0 Å². The molecule has 0 aromatic heterocycles. The van der Waals surface area contributed by atoms with E-state index in [1.807, 2.05) is 12.1 Å². The summed E-state index contributed by atoms with van der Waals surface area (Å²) in [7, 11) is -1.41. The highest BCUT2D eigenvalue weighted by Gasteiger charge is 2.22. The normalized spacial score (nSPS) is 16.5. The molecule has 0 radical (unpaired) electrons. The van der Waals surface area contributed by atoms with Gasteiger partial charge in [0.2, 0.25) is 0 Å². The number of nitrogen functional groups attached to an aromatic ring is 1. The van der Waals surface area contributed by atoms with Crippen LogP contribution >= 0.6 is 0 Å². The lowest BCUT2D eigenvalue weighted by Crippen LogP contribution is -2.44. The summed E-state index contributed by atoms with van der Waals surface area (Å²) in [6.45, 7) is 0. The predicted octanol–water partition coefficient (Wildman–Crippen LogP) is 3.82. The Morgan fingerprint density at radius 2 is 1.31 bits per heavy atom. The topological polar surface area (TPSA) is 26.0 Å². The van der Waals surface area contributed by atoms with Crippen LogP contribution in [-0.2, 0) is 0 Å². The van der Waals surface area contributed by atoms with Gasteiger partial charge in [0.25, 0.3) is 0 Å². The average Bonchev–Trinajstić information content (AvgIpc) is 2.71. The van der Waals surface area contributed by atoms with Crippen LogP contribution in [-0.4, -0.2) is 8.80 Å². The monoisotopic (exact) mass is 353 g/mol. The maximum Gasteiger partial charge on any atom is 0.132 e. The maximum atomic E-state index is 5.82. The van der Waals surface area contributed by atoms with Gasteiger partial charge in [0.15, 0.2) is 0 Å². The van der Waals surface area contributed by atoms with Gasteiger partial charge in [-0.05, 0) is 24.1 Å². The smallest absolute Gasteiger partial charge is 0.132 e. The van der Waals surface area contributed by atoms with Gasteiger partial charge in [0.1, 0.15) is 8.80 Å². The fourth-order valence-electron chi connectivity index (χ4n) is 3.71. The van der Waals surface area contributed by atoms with E-state index in [0.717, 1.165) is 12.1 Å². The van der Waals surface area contributed by atoms with Gasteiger partial charge in [0.05, 0.1) is 0 Å². The fourth-order valence-corrected chi connectivity index (χ4v) is 6.75. The Bertz CT molecular complexity index is 872. The standard InChI is InChI=1S/C24H23NSi/c25-21-15-11-19(12-16-21)20-13-17-24(18-14-20)26(22-7-3-1-4-8-22)23-9-5-2-6-10-23/h1-13,15-18,20,26H,14,25H2. The molecule has 0 saturated carbocycles. The highest BCUT2D eigenvalue weighted by Crippen LogP contribution is 2.28. The lowest BCUT2D eigenvalue weighted by molar-refractivity contribution is 0.851. The summed E-state index contributed by atoms with van der Waals surface area (Å²) >= 11 is 0. The van der Waals surface area contributed by atoms with E-state index in [1.54, 1.807) is 0 Å². The molecule has 0 aliphatic heterocycles. The van der Waals surface area contributed by atoms with Crippen molar-refractivity contribution in [2.75, 3.05) is 5.73 Å². The van der Waals surface area contributed by atoms with E-state index >= 15 is 0 Å². The van der Waals surface area contributed by atoms with E-state index in [-0.39, 0.29) is 0 Å². The molecule has 3 aromatic rings. The van der Waals surface area contributed by atoms with Crippen LogP contribution in [0.15, 0.2) is 108 Å². The number of hydrogen-bond acceptors (Lipinski definition) is 1. The minimum absolute atomic E-state index is 0.445.